The lowest BCUT2D eigenvalue weighted by molar-refractivity contribution is -0.139. The third kappa shape index (κ3) is 11.2. The van der Waals surface area contributed by atoms with Crippen molar-refractivity contribution in [2.45, 2.75) is 45.7 Å². The molecule has 0 radical (unpaired) electrons. The summed E-state index contributed by atoms with van der Waals surface area (Å²) in [7, 11) is 6.14. The van der Waals surface area contributed by atoms with Crippen LogP contribution in [-0.2, 0) is 35.5 Å². The van der Waals surface area contributed by atoms with Crippen LogP contribution in [0.3, 0.4) is 0 Å². The van der Waals surface area contributed by atoms with Crippen LogP contribution in [0.25, 0.3) is 0 Å². The molecule has 1 aliphatic carbocycles. The molecule has 0 bridgehead atoms. The minimum atomic E-state index is -0.586. The number of benzene rings is 4. The third-order valence-electron chi connectivity index (χ3n) is 11.8. The number of aryl methyl sites for hydroxylation is 1. The van der Waals surface area contributed by atoms with Crippen LogP contribution in [0.2, 0.25) is 0 Å². The van der Waals surface area contributed by atoms with Gasteiger partial charge in [-0.3, -0.25) is 39.2 Å². The first kappa shape index (κ1) is 50.0. The summed E-state index contributed by atoms with van der Waals surface area (Å²) >= 11 is 0. The van der Waals surface area contributed by atoms with Gasteiger partial charge in [-0.25, -0.2) is 8.78 Å². The molecule has 1 aliphatic heterocycles. The highest BCUT2D eigenvalue weighted by molar-refractivity contribution is 6.30. The van der Waals surface area contributed by atoms with Gasteiger partial charge in [-0.05, 0) is 103 Å². The predicted octanol–water partition coefficient (Wildman–Crippen LogP) is 8.39. The van der Waals surface area contributed by atoms with Crippen LogP contribution in [-0.4, -0.2) is 81.4 Å². The Hall–Kier alpha value is -8.91. The number of fused-ring (bicyclic) bond motifs is 2. The number of rotatable bonds is 12. The second-order valence-corrected chi connectivity index (χ2v) is 16.4. The number of imide groups is 1. The van der Waals surface area contributed by atoms with E-state index < -0.39 is 17.5 Å². The number of amides is 2. The predicted molar refractivity (Wildman–Crippen MR) is 256 cm³/mol. The molecule has 0 unspecified atom stereocenters. The summed E-state index contributed by atoms with van der Waals surface area (Å²) in [5.74, 6) is 0.0428. The number of carbonyl (C=O) groups is 3. The summed E-state index contributed by atoms with van der Waals surface area (Å²) in [5, 5.41) is 39.6. The van der Waals surface area contributed by atoms with Crippen molar-refractivity contribution in [1.29, 1.82) is 10.7 Å². The number of nitrogens with one attached hydrogen (secondary N) is 1. The van der Waals surface area contributed by atoms with Crippen molar-refractivity contribution >= 4 is 23.3 Å². The lowest BCUT2D eigenvalue weighted by atomic mass is 9.87. The van der Waals surface area contributed by atoms with Gasteiger partial charge < -0.3 is 29.2 Å². The molecular weight excluding hydrogens is 915 g/mol. The van der Waals surface area contributed by atoms with Crippen LogP contribution in [0.5, 0.6) is 34.8 Å². The first-order chi connectivity index (χ1) is 34.2. The van der Waals surface area contributed by atoms with Gasteiger partial charge in [-0.15, -0.1) is 0 Å². The quantitative estimate of drug-likeness (QED) is 0.0986. The lowest BCUT2D eigenvalue weighted by Crippen LogP contribution is -2.28. The summed E-state index contributed by atoms with van der Waals surface area (Å²) < 4.78 is 48.1. The van der Waals surface area contributed by atoms with Crippen molar-refractivity contribution in [3.8, 4) is 40.8 Å². The maximum atomic E-state index is 13.3. The standard InChI is InChI=1S/C27H22FN3O5.C14H11FN2.C13H15NO4/c1-35-18-8-5-16(20(11-18)36-2)13-31-26(33)21-22(27(31)34)25(32)24-19(23(21)29)10-15(12-30-24)9-14-3-6-17(28)7-4-14;1-10-13(8-16)7-12(9-17-10)6-11-2-4-14(15)5-3-11;1-17-10-4-3-9(11(7-10)18-2)8-14-12(15)5-6-13(14)16/h3-8,10-12,29,33-34H,9,13H2,1-2H3;2-5,7,9H,6H2,1H3;3-4,7H,5-6,8H2,1-2H3. The minimum Gasteiger partial charge on any atom is -0.497 e. The molecule has 1 fully saturated rings. The van der Waals surface area contributed by atoms with E-state index in [2.05, 4.69) is 16.0 Å². The zero-order chi connectivity index (χ0) is 50.9. The Morgan fingerprint density at radius 2 is 1.14 bits per heavy atom. The van der Waals surface area contributed by atoms with E-state index in [1.54, 1.807) is 94.1 Å². The van der Waals surface area contributed by atoms with Gasteiger partial charge in [-0.1, -0.05) is 24.3 Å². The van der Waals surface area contributed by atoms with Crippen LogP contribution < -0.4 is 18.9 Å². The number of hydrogen-bond donors (Lipinski definition) is 3. The highest BCUT2D eigenvalue weighted by Gasteiger charge is 2.38. The van der Waals surface area contributed by atoms with Crippen molar-refractivity contribution in [2.75, 3.05) is 28.4 Å². The van der Waals surface area contributed by atoms with Crippen molar-refractivity contribution < 1.29 is 52.3 Å². The third-order valence-corrected chi connectivity index (χ3v) is 11.8. The fourth-order valence-corrected chi connectivity index (χ4v) is 7.99. The van der Waals surface area contributed by atoms with E-state index in [4.69, 9.17) is 29.6 Å². The number of ether oxygens (including phenoxy) is 4. The highest BCUT2D eigenvalue weighted by Crippen LogP contribution is 2.42. The molecule has 0 atom stereocenters. The summed E-state index contributed by atoms with van der Waals surface area (Å²) in [5.41, 5.74) is 6.16. The molecule has 0 saturated carbocycles. The molecule has 71 heavy (non-hydrogen) atoms. The number of nitrogens with zero attached hydrogens (tertiary/aromatic N) is 5. The van der Waals surface area contributed by atoms with E-state index in [-0.39, 0.29) is 64.6 Å². The molecule has 3 aromatic heterocycles. The highest BCUT2D eigenvalue weighted by atomic mass is 19.1. The number of aromatic nitrogens is 3. The topological polar surface area (TPSA) is 210 Å². The van der Waals surface area contributed by atoms with Crippen LogP contribution in [0.15, 0.2) is 109 Å². The molecule has 362 valence electrons. The molecule has 3 N–H and O–H groups in total. The van der Waals surface area contributed by atoms with E-state index in [0.717, 1.165) is 32.5 Å². The molecular formula is C54H48F2N6O9. The van der Waals surface area contributed by atoms with Crippen molar-refractivity contribution in [1.82, 2.24) is 19.4 Å². The Kier molecular flexibility index (Phi) is 15.5. The number of carbonyl (C=O) groups excluding carboxylic acids is 3. The molecule has 15 nitrogen and oxygen atoms in total. The normalized spacial score (nSPS) is 12.5. The van der Waals surface area contributed by atoms with Crippen LogP contribution in [0, 0.1) is 35.3 Å². The zero-order valence-electron chi connectivity index (χ0n) is 39.4. The summed E-state index contributed by atoms with van der Waals surface area (Å²) in [6, 6.07) is 28.4. The molecule has 9 rings (SSSR count). The van der Waals surface area contributed by atoms with Crippen LogP contribution in [0.4, 0.5) is 8.78 Å². The minimum absolute atomic E-state index is 0.0159. The maximum Gasteiger partial charge on any atom is 0.230 e. The Labute approximate surface area is 407 Å². The first-order valence-corrected chi connectivity index (χ1v) is 22.0. The van der Waals surface area contributed by atoms with Gasteiger partial charge in [0.15, 0.2) is 0 Å². The fraction of sp³-hybridized carbons (Fsp3) is 0.204. The van der Waals surface area contributed by atoms with Gasteiger partial charge in [0.1, 0.15) is 46.4 Å². The summed E-state index contributed by atoms with van der Waals surface area (Å²) in [4.78, 5) is 46.1. The Balaban J connectivity index is 0.000000177. The molecule has 2 aliphatic rings. The van der Waals surface area contributed by atoms with Crippen LogP contribution in [0.1, 0.15) is 84.7 Å². The van der Waals surface area contributed by atoms with Gasteiger partial charge in [0.05, 0.1) is 69.6 Å². The molecule has 0 spiro atoms. The van der Waals surface area contributed by atoms with Crippen molar-refractivity contribution in [3.63, 3.8) is 0 Å². The van der Waals surface area contributed by atoms with E-state index in [1.165, 1.54) is 49.6 Å². The maximum absolute atomic E-state index is 13.3. The second kappa shape index (κ2) is 22.0. The molecule has 1 saturated heterocycles. The van der Waals surface area contributed by atoms with Gasteiger partial charge in [0.2, 0.25) is 29.4 Å². The zero-order valence-corrected chi connectivity index (χ0v) is 39.4. The molecule has 4 heterocycles. The average molecular weight is 963 g/mol. The second-order valence-electron chi connectivity index (χ2n) is 16.4. The van der Waals surface area contributed by atoms with Gasteiger partial charge >= 0.3 is 0 Å². The van der Waals surface area contributed by atoms with E-state index in [0.29, 0.717) is 65.4 Å². The molecule has 7 aromatic rings. The lowest BCUT2D eigenvalue weighted by Gasteiger charge is -2.16. The number of hydrogen-bond acceptors (Lipinski definition) is 13. The van der Waals surface area contributed by atoms with Gasteiger partial charge in [0, 0.05) is 54.1 Å². The first-order valence-electron chi connectivity index (χ1n) is 22.0. The molecule has 4 aromatic carbocycles. The van der Waals surface area contributed by atoms with E-state index in [1.807, 2.05) is 6.07 Å². The van der Waals surface area contributed by atoms with Gasteiger partial charge in [0.25, 0.3) is 0 Å². The van der Waals surface area contributed by atoms with E-state index >= 15 is 0 Å². The number of likely N-dealkylation sites (tertiary alicyclic amines) is 1. The number of halogens is 2. The number of pyridine rings is 2. The van der Waals surface area contributed by atoms with Crippen molar-refractivity contribution in [2.24, 2.45) is 0 Å². The number of methoxy groups -OCH3 is 4. The fourth-order valence-electron chi connectivity index (χ4n) is 7.99. The number of nitriles is 1. The largest absolute Gasteiger partial charge is 0.497 e. The van der Waals surface area contributed by atoms with Crippen molar-refractivity contribution in [3.05, 3.63) is 188 Å². The smallest absolute Gasteiger partial charge is 0.230 e. The summed E-state index contributed by atoms with van der Waals surface area (Å²) in [6.45, 7) is 2.04. The van der Waals surface area contributed by atoms with Crippen LogP contribution >= 0.6 is 0 Å². The molecule has 2 amide bonds. The Bertz CT molecular complexity index is 3190. The molecule has 17 heteroatoms. The SMILES string of the molecule is COc1ccc(CN2C(=O)CCC2=O)c(OC)c1.COc1ccc(Cn2c(O)c3c(c2O)C(=O)c2ncc(Cc4ccc(F)cc4)cc2C3=N)c(OC)c1.Cc1ncc(Cc2ccc(F)cc2)cc1C#N. The van der Waals surface area contributed by atoms with E-state index in [9.17, 15) is 33.4 Å². The monoisotopic (exact) mass is 962 g/mol. The average Bonchev–Trinajstić information content (AvgIpc) is 3.83. The van der Waals surface area contributed by atoms with Gasteiger partial charge in [-0.2, -0.15) is 5.26 Å². The summed E-state index contributed by atoms with van der Waals surface area (Å²) in [6.07, 6.45) is 4.95. The number of aromatic hydroxyl groups is 2. The number of ketones is 1. The Morgan fingerprint density at radius 3 is 1.65 bits per heavy atom. The Morgan fingerprint density at radius 1 is 0.648 bits per heavy atom.